The lowest BCUT2D eigenvalue weighted by molar-refractivity contribution is 0.760. The average molecular weight is 249 g/mol. The summed E-state index contributed by atoms with van der Waals surface area (Å²) in [5.41, 5.74) is 2.68. The number of nitrogens with zero attached hydrogens (tertiary/aromatic N) is 1. The van der Waals surface area contributed by atoms with E-state index in [-0.39, 0.29) is 0 Å². The van der Waals surface area contributed by atoms with E-state index in [9.17, 15) is 0 Å². The molecule has 0 aliphatic carbocycles. The highest BCUT2D eigenvalue weighted by Gasteiger charge is 2.08. The Labute approximate surface area is 114 Å². The molecule has 0 fully saturated rings. The maximum Gasteiger partial charge on any atom is 0.0491 e. The summed E-state index contributed by atoms with van der Waals surface area (Å²) in [6.07, 6.45) is 6.74. The van der Waals surface area contributed by atoms with E-state index in [1.165, 1.54) is 21.8 Å². The topological polar surface area (TPSA) is 4.93 Å². The SMILES string of the molecule is CC/C=C\CCn1c2ccccc2c2ccccc21. The zero-order valence-electron chi connectivity index (χ0n) is 11.3. The molecule has 3 aromatic rings. The third-order valence-electron chi connectivity index (χ3n) is 3.60. The number of para-hydroxylation sites is 2. The smallest absolute Gasteiger partial charge is 0.0491 e. The molecule has 0 amide bonds. The Kier molecular flexibility index (Phi) is 3.37. The molecule has 1 heteroatoms. The molecule has 0 aliphatic heterocycles. The maximum absolute atomic E-state index is 2.44. The molecule has 0 atom stereocenters. The summed E-state index contributed by atoms with van der Waals surface area (Å²) in [6.45, 7) is 3.22. The zero-order chi connectivity index (χ0) is 13.1. The first-order valence-corrected chi connectivity index (χ1v) is 7.03. The summed E-state index contributed by atoms with van der Waals surface area (Å²) in [4.78, 5) is 0. The van der Waals surface area contributed by atoms with E-state index in [2.05, 4.69) is 72.2 Å². The number of benzene rings is 2. The second kappa shape index (κ2) is 5.31. The molecule has 1 heterocycles. The highest BCUT2D eigenvalue weighted by atomic mass is 15.0. The second-order valence-electron chi connectivity index (χ2n) is 4.85. The van der Waals surface area contributed by atoms with Crippen LogP contribution in [0.25, 0.3) is 21.8 Å². The summed E-state index contributed by atoms with van der Waals surface area (Å²) in [5, 5.41) is 2.72. The van der Waals surface area contributed by atoms with Crippen LogP contribution in [0, 0.1) is 0 Å². The molecule has 19 heavy (non-hydrogen) atoms. The molecule has 0 saturated carbocycles. The normalized spacial score (nSPS) is 11.8. The summed E-state index contributed by atoms with van der Waals surface area (Å²) in [6, 6.07) is 17.4. The lowest BCUT2D eigenvalue weighted by Gasteiger charge is -2.05. The standard InChI is InChI=1S/C18H19N/c1-2-3-4-9-14-19-17-12-7-5-10-15(17)16-11-6-8-13-18(16)19/h3-8,10-13H,2,9,14H2,1H3/b4-3-. The Morgan fingerprint density at radius 2 is 1.42 bits per heavy atom. The third kappa shape index (κ3) is 2.17. The van der Waals surface area contributed by atoms with Crippen molar-refractivity contribution in [2.45, 2.75) is 26.3 Å². The molecular weight excluding hydrogens is 230 g/mol. The molecule has 0 bridgehead atoms. The molecule has 2 aromatic carbocycles. The Balaban J connectivity index is 2.11. The first-order valence-electron chi connectivity index (χ1n) is 7.03. The Bertz CT molecular complexity index is 665. The highest BCUT2D eigenvalue weighted by molar-refractivity contribution is 6.07. The van der Waals surface area contributed by atoms with Crippen LogP contribution in [0.3, 0.4) is 0 Å². The van der Waals surface area contributed by atoms with E-state index in [4.69, 9.17) is 0 Å². The van der Waals surface area contributed by atoms with Crippen molar-refractivity contribution < 1.29 is 0 Å². The van der Waals surface area contributed by atoms with Gasteiger partial charge in [-0.2, -0.15) is 0 Å². The molecule has 1 nitrogen and oxygen atoms in total. The van der Waals surface area contributed by atoms with Gasteiger partial charge in [0.1, 0.15) is 0 Å². The summed E-state index contributed by atoms with van der Waals surface area (Å²) < 4.78 is 2.44. The van der Waals surface area contributed by atoms with Crippen molar-refractivity contribution in [3.05, 3.63) is 60.7 Å². The van der Waals surface area contributed by atoms with Crippen molar-refractivity contribution in [2.24, 2.45) is 0 Å². The Morgan fingerprint density at radius 1 is 0.842 bits per heavy atom. The van der Waals surface area contributed by atoms with Crippen LogP contribution in [-0.2, 0) is 6.54 Å². The zero-order valence-corrected chi connectivity index (χ0v) is 11.3. The van der Waals surface area contributed by atoms with Gasteiger partial charge in [0, 0.05) is 28.4 Å². The van der Waals surface area contributed by atoms with E-state index in [1.54, 1.807) is 0 Å². The van der Waals surface area contributed by atoms with E-state index < -0.39 is 0 Å². The predicted octanol–water partition coefficient (Wildman–Crippen LogP) is 5.15. The minimum absolute atomic E-state index is 1.05. The summed E-state index contributed by atoms with van der Waals surface area (Å²) >= 11 is 0. The lowest BCUT2D eigenvalue weighted by atomic mass is 10.2. The summed E-state index contributed by atoms with van der Waals surface area (Å²) in [5.74, 6) is 0. The highest BCUT2D eigenvalue weighted by Crippen LogP contribution is 2.28. The monoisotopic (exact) mass is 249 g/mol. The van der Waals surface area contributed by atoms with Crippen LogP contribution in [-0.4, -0.2) is 4.57 Å². The molecule has 0 N–H and O–H groups in total. The van der Waals surface area contributed by atoms with Gasteiger partial charge in [0.15, 0.2) is 0 Å². The van der Waals surface area contributed by atoms with Gasteiger partial charge in [-0.25, -0.2) is 0 Å². The van der Waals surface area contributed by atoms with Crippen molar-refractivity contribution in [1.29, 1.82) is 0 Å². The van der Waals surface area contributed by atoms with Crippen molar-refractivity contribution in [3.63, 3.8) is 0 Å². The van der Waals surface area contributed by atoms with Crippen LogP contribution in [0.2, 0.25) is 0 Å². The molecule has 0 aliphatic rings. The van der Waals surface area contributed by atoms with Crippen LogP contribution in [0.4, 0.5) is 0 Å². The lowest BCUT2D eigenvalue weighted by Crippen LogP contribution is -1.95. The van der Waals surface area contributed by atoms with Crippen LogP contribution in [0.15, 0.2) is 60.7 Å². The van der Waals surface area contributed by atoms with Crippen molar-refractivity contribution in [1.82, 2.24) is 4.57 Å². The first kappa shape index (κ1) is 12.0. The fraction of sp³-hybridized carbons (Fsp3) is 0.222. The van der Waals surface area contributed by atoms with Gasteiger partial charge in [0.05, 0.1) is 0 Å². The van der Waals surface area contributed by atoms with E-state index in [0.717, 1.165) is 19.4 Å². The number of allylic oxidation sites excluding steroid dienone is 2. The molecule has 0 unspecified atom stereocenters. The van der Waals surface area contributed by atoms with Gasteiger partial charge in [-0.3, -0.25) is 0 Å². The van der Waals surface area contributed by atoms with E-state index >= 15 is 0 Å². The third-order valence-corrected chi connectivity index (χ3v) is 3.60. The molecule has 96 valence electrons. The predicted molar refractivity (Wildman–Crippen MR) is 83.5 cm³/mol. The number of hydrogen-bond acceptors (Lipinski definition) is 0. The van der Waals surface area contributed by atoms with Gasteiger partial charge in [-0.1, -0.05) is 55.5 Å². The maximum atomic E-state index is 2.44. The van der Waals surface area contributed by atoms with Crippen molar-refractivity contribution in [3.8, 4) is 0 Å². The summed E-state index contributed by atoms with van der Waals surface area (Å²) in [7, 11) is 0. The second-order valence-corrected chi connectivity index (χ2v) is 4.85. The quantitative estimate of drug-likeness (QED) is 0.563. The van der Waals surface area contributed by atoms with Crippen molar-refractivity contribution >= 4 is 21.8 Å². The molecule has 0 saturated heterocycles. The number of aromatic nitrogens is 1. The van der Waals surface area contributed by atoms with Crippen LogP contribution >= 0.6 is 0 Å². The van der Waals surface area contributed by atoms with E-state index in [0.29, 0.717) is 0 Å². The number of aryl methyl sites for hydroxylation is 1. The van der Waals surface area contributed by atoms with E-state index in [1.807, 2.05) is 0 Å². The van der Waals surface area contributed by atoms with Gasteiger partial charge < -0.3 is 4.57 Å². The fourth-order valence-electron chi connectivity index (χ4n) is 2.73. The van der Waals surface area contributed by atoms with Crippen LogP contribution in [0.5, 0.6) is 0 Å². The van der Waals surface area contributed by atoms with Crippen LogP contribution in [0.1, 0.15) is 19.8 Å². The molecular formula is C18H19N. The minimum atomic E-state index is 1.05. The average Bonchev–Trinajstić information content (AvgIpc) is 2.78. The van der Waals surface area contributed by atoms with Crippen molar-refractivity contribution in [2.75, 3.05) is 0 Å². The van der Waals surface area contributed by atoms with Gasteiger partial charge in [-0.05, 0) is 25.0 Å². The van der Waals surface area contributed by atoms with Gasteiger partial charge in [0.2, 0.25) is 0 Å². The Hall–Kier alpha value is -2.02. The number of fused-ring (bicyclic) bond motifs is 3. The van der Waals surface area contributed by atoms with Gasteiger partial charge >= 0.3 is 0 Å². The fourth-order valence-corrected chi connectivity index (χ4v) is 2.73. The van der Waals surface area contributed by atoms with Crippen LogP contribution < -0.4 is 0 Å². The number of rotatable bonds is 4. The molecule has 1 aromatic heterocycles. The molecule has 0 radical (unpaired) electrons. The minimum Gasteiger partial charge on any atom is -0.340 e. The number of hydrogen-bond donors (Lipinski definition) is 0. The Morgan fingerprint density at radius 3 is 2.00 bits per heavy atom. The molecule has 0 spiro atoms. The largest absolute Gasteiger partial charge is 0.340 e. The van der Waals surface area contributed by atoms with Gasteiger partial charge in [0.25, 0.3) is 0 Å². The molecule has 3 rings (SSSR count). The first-order chi connectivity index (χ1) is 9.42. The van der Waals surface area contributed by atoms with Gasteiger partial charge in [-0.15, -0.1) is 0 Å².